The van der Waals surface area contributed by atoms with Crippen LogP contribution in [0.2, 0.25) is 0 Å². The molecule has 0 radical (unpaired) electrons. The second-order valence-electron chi connectivity index (χ2n) is 5.28. The van der Waals surface area contributed by atoms with E-state index in [1.807, 2.05) is 12.1 Å². The Hall–Kier alpha value is -1.42. The fourth-order valence-corrected chi connectivity index (χ4v) is 2.05. The first kappa shape index (κ1) is 14.0. The molecular formula is C15H23NO3. The van der Waals surface area contributed by atoms with Crippen LogP contribution < -0.4 is 15.2 Å². The maximum atomic E-state index is 5.99. The molecule has 0 amide bonds. The highest BCUT2D eigenvalue weighted by Crippen LogP contribution is 2.34. The maximum absolute atomic E-state index is 5.99. The first-order chi connectivity index (χ1) is 9.16. The highest BCUT2D eigenvalue weighted by atomic mass is 16.6. The summed E-state index contributed by atoms with van der Waals surface area (Å²) in [5, 5.41) is 0. The van der Waals surface area contributed by atoms with E-state index in [1.165, 1.54) is 6.42 Å². The Kier molecular flexibility index (Phi) is 4.91. The Morgan fingerprint density at radius 1 is 1.21 bits per heavy atom. The summed E-state index contributed by atoms with van der Waals surface area (Å²) in [7, 11) is 0. The van der Waals surface area contributed by atoms with Crippen molar-refractivity contribution in [2.45, 2.75) is 33.3 Å². The number of ether oxygens (including phenoxy) is 3. The maximum Gasteiger partial charge on any atom is 0.163 e. The minimum Gasteiger partial charge on any atom is -0.486 e. The van der Waals surface area contributed by atoms with E-state index in [0.29, 0.717) is 25.5 Å². The van der Waals surface area contributed by atoms with E-state index in [1.54, 1.807) is 0 Å². The zero-order valence-electron chi connectivity index (χ0n) is 11.8. The fourth-order valence-electron chi connectivity index (χ4n) is 2.05. The van der Waals surface area contributed by atoms with Gasteiger partial charge in [0.2, 0.25) is 0 Å². The zero-order valence-corrected chi connectivity index (χ0v) is 11.8. The summed E-state index contributed by atoms with van der Waals surface area (Å²) in [6.07, 6.45) is 2.28. The third-order valence-electron chi connectivity index (χ3n) is 3.13. The molecule has 19 heavy (non-hydrogen) atoms. The lowest BCUT2D eigenvalue weighted by Crippen LogP contribution is -2.16. The van der Waals surface area contributed by atoms with Gasteiger partial charge >= 0.3 is 0 Å². The van der Waals surface area contributed by atoms with Crippen molar-refractivity contribution in [3.63, 3.8) is 0 Å². The van der Waals surface area contributed by atoms with Crippen molar-refractivity contribution in [3.8, 4) is 11.5 Å². The van der Waals surface area contributed by atoms with Crippen molar-refractivity contribution < 1.29 is 14.2 Å². The van der Waals surface area contributed by atoms with E-state index in [9.17, 15) is 0 Å². The van der Waals surface area contributed by atoms with Gasteiger partial charge in [-0.2, -0.15) is 0 Å². The van der Waals surface area contributed by atoms with E-state index in [-0.39, 0.29) is 0 Å². The van der Waals surface area contributed by atoms with E-state index in [2.05, 4.69) is 13.8 Å². The average Bonchev–Trinajstić information content (AvgIpc) is 2.38. The zero-order chi connectivity index (χ0) is 13.7. The number of rotatable bonds is 6. The van der Waals surface area contributed by atoms with Crippen molar-refractivity contribution >= 4 is 5.69 Å². The van der Waals surface area contributed by atoms with Crippen LogP contribution in [-0.2, 0) is 11.3 Å². The minimum absolute atomic E-state index is 0.528. The monoisotopic (exact) mass is 265 g/mol. The third-order valence-corrected chi connectivity index (χ3v) is 3.13. The van der Waals surface area contributed by atoms with Crippen LogP contribution in [0, 0.1) is 5.92 Å². The standard InChI is InChI=1S/C15H23NO3/c1-11(2)4-3-5-17-10-12-8-14-15(9-13(12)16)19-7-6-18-14/h8-9,11H,3-7,10,16H2,1-2H3. The fraction of sp³-hybridized carbons (Fsp3) is 0.600. The Balaban J connectivity index is 1.86. The molecule has 1 aromatic carbocycles. The predicted octanol–water partition coefficient (Wildman–Crippen LogP) is 2.99. The van der Waals surface area contributed by atoms with Gasteiger partial charge < -0.3 is 19.9 Å². The van der Waals surface area contributed by atoms with Gasteiger partial charge in [0.25, 0.3) is 0 Å². The molecule has 4 heteroatoms. The van der Waals surface area contributed by atoms with Crippen LogP contribution in [0.1, 0.15) is 32.3 Å². The highest BCUT2D eigenvalue weighted by molar-refractivity contribution is 5.58. The molecule has 0 atom stereocenters. The second kappa shape index (κ2) is 6.66. The molecule has 0 aromatic heterocycles. The van der Waals surface area contributed by atoms with Gasteiger partial charge in [0.05, 0.1) is 6.61 Å². The van der Waals surface area contributed by atoms with Gasteiger partial charge in [0.1, 0.15) is 13.2 Å². The Morgan fingerprint density at radius 3 is 2.58 bits per heavy atom. The van der Waals surface area contributed by atoms with Crippen LogP contribution >= 0.6 is 0 Å². The van der Waals surface area contributed by atoms with E-state index in [0.717, 1.165) is 36.0 Å². The molecule has 1 heterocycles. The average molecular weight is 265 g/mol. The number of hydrogen-bond donors (Lipinski definition) is 1. The number of nitrogens with two attached hydrogens (primary N) is 1. The Morgan fingerprint density at radius 2 is 1.89 bits per heavy atom. The molecule has 2 rings (SSSR count). The molecule has 0 bridgehead atoms. The van der Waals surface area contributed by atoms with Crippen LogP contribution in [0.3, 0.4) is 0 Å². The van der Waals surface area contributed by atoms with E-state index in [4.69, 9.17) is 19.9 Å². The Bertz CT molecular complexity index is 418. The summed E-state index contributed by atoms with van der Waals surface area (Å²) in [4.78, 5) is 0. The molecular weight excluding hydrogens is 242 g/mol. The molecule has 1 aliphatic rings. The smallest absolute Gasteiger partial charge is 0.163 e. The van der Waals surface area contributed by atoms with Gasteiger partial charge in [-0.05, 0) is 24.8 Å². The molecule has 0 aliphatic carbocycles. The molecule has 4 nitrogen and oxygen atoms in total. The lowest BCUT2D eigenvalue weighted by molar-refractivity contribution is 0.114. The van der Waals surface area contributed by atoms with Crippen molar-refractivity contribution in [1.29, 1.82) is 0 Å². The lowest BCUT2D eigenvalue weighted by atomic mass is 10.1. The number of benzene rings is 1. The number of hydrogen-bond acceptors (Lipinski definition) is 4. The number of fused-ring (bicyclic) bond motifs is 1. The van der Waals surface area contributed by atoms with Gasteiger partial charge in [0, 0.05) is 23.9 Å². The largest absolute Gasteiger partial charge is 0.486 e. The summed E-state index contributed by atoms with van der Waals surface area (Å²) in [5.74, 6) is 2.22. The van der Waals surface area contributed by atoms with Gasteiger partial charge in [-0.3, -0.25) is 0 Å². The summed E-state index contributed by atoms with van der Waals surface area (Å²) in [6.45, 7) is 6.91. The first-order valence-electron chi connectivity index (χ1n) is 6.92. The van der Waals surface area contributed by atoms with Gasteiger partial charge in [-0.1, -0.05) is 13.8 Å². The van der Waals surface area contributed by atoms with Crippen LogP contribution in [0.25, 0.3) is 0 Å². The summed E-state index contributed by atoms with van der Waals surface area (Å²) >= 11 is 0. The summed E-state index contributed by atoms with van der Waals surface area (Å²) < 4.78 is 16.7. The molecule has 0 unspecified atom stereocenters. The molecule has 106 valence electrons. The Labute approximate surface area is 114 Å². The summed E-state index contributed by atoms with van der Waals surface area (Å²) in [5.41, 5.74) is 7.66. The molecule has 2 N–H and O–H groups in total. The topological polar surface area (TPSA) is 53.7 Å². The number of anilines is 1. The quantitative estimate of drug-likeness (QED) is 0.634. The molecule has 1 aromatic rings. The minimum atomic E-state index is 0.528. The van der Waals surface area contributed by atoms with Crippen molar-refractivity contribution in [2.24, 2.45) is 5.92 Å². The summed E-state index contributed by atoms with van der Waals surface area (Å²) in [6, 6.07) is 3.74. The molecule has 0 saturated carbocycles. The van der Waals surface area contributed by atoms with Crippen LogP contribution in [0.5, 0.6) is 11.5 Å². The second-order valence-corrected chi connectivity index (χ2v) is 5.28. The van der Waals surface area contributed by atoms with E-state index >= 15 is 0 Å². The van der Waals surface area contributed by atoms with E-state index < -0.39 is 0 Å². The van der Waals surface area contributed by atoms with Gasteiger partial charge in [-0.15, -0.1) is 0 Å². The molecule has 0 spiro atoms. The first-order valence-corrected chi connectivity index (χ1v) is 6.92. The van der Waals surface area contributed by atoms with Crippen molar-refractivity contribution in [1.82, 2.24) is 0 Å². The third kappa shape index (κ3) is 4.03. The molecule has 0 saturated heterocycles. The predicted molar refractivity (Wildman–Crippen MR) is 75.6 cm³/mol. The molecule has 0 fully saturated rings. The van der Waals surface area contributed by atoms with Crippen LogP contribution in [-0.4, -0.2) is 19.8 Å². The van der Waals surface area contributed by atoms with Gasteiger partial charge in [0.15, 0.2) is 11.5 Å². The normalized spacial score (nSPS) is 13.8. The highest BCUT2D eigenvalue weighted by Gasteiger charge is 2.14. The van der Waals surface area contributed by atoms with Crippen molar-refractivity contribution in [3.05, 3.63) is 17.7 Å². The lowest BCUT2D eigenvalue weighted by Gasteiger charge is -2.20. The van der Waals surface area contributed by atoms with Gasteiger partial charge in [-0.25, -0.2) is 0 Å². The molecule has 1 aliphatic heterocycles. The van der Waals surface area contributed by atoms with Crippen molar-refractivity contribution in [2.75, 3.05) is 25.6 Å². The SMILES string of the molecule is CC(C)CCCOCc1cc2c(cc1N)OCCO2. The number of nitrogen functional groups attached to an aromatic ring is 1. The van der Waals surface area contributed by atoms with Crippen LogP contribution in [0.4, 0.5) is 5.69 Å². The van der Waals surface area contributed by atoms with Crippen LogP contribution in [0.15, 0.2) is 12.1 Å².